The van der Waals surface area contributed by atoms with E-state index in [9.17, 15) is 9.18 Å². The van der Waals surface area contributed by atoms with Crippen molar-refractivity contribution in [2.75, 3.05) is 6.61 Å². The number of ether oxygens (including phenoxy) is 1. The summed E-state index contributed by atoms with van der Waals surface area (Å²) >= 11 is 5.11. The number of benzene rings is 1. The Morgan fingerprint density at radius 3 is 2.76 bits per heavy atom. The lowest BCUT2D eigenvalue weighted by Gasteiger charge is -2.29. The van der Waals surface area contributed by atoms with E-state index in [1.807, 2.05) is 0 Å². The van der Waals surface area contributed by atoms with Gasteiger partial charge in [0.25, 0.3) is 0 Å². The lowest BCUT2D eigenvalue weighted by molar-refractivity contribution is -0.138. The van der Waals surface area contributed by atoms with Crippen LogP contribution in [0.2, 0.25) is 0 Å². The molecule has 1 atom stereocenters. The SMILES string of the molecule is C=CCOC(=O)C1=C(C)NC(=S)NC1c1ccc(F)cc1. The maximum atomic E-state index is 13.1. The van der Waals surface area contributed by atoms with Crippen molar-refractivity contribution in [3.63, 3.8) is 0 Å². The Balaban J connectivity index is 2.37. The molecule has 0 spiro atoms. The standard InChI is InChI=1S/C15H15FN2O2S/c1-3-8-20-14(19)12-9(2)17-15(21)18-13(12)10-4-6-11(16)7-5-10/h3-7,13H,1,8H2,2H3,(H2,17,18,21). The molecular formula is C15H15FN2O2S. The van der Waals surface area contributed by atoms with Crippen LogP contribution < -0.4 is 10.6 Å². The number of rotatable bonds is 4. The Bertz CT molecular complexity index is 611. The summed E-state index contributed by atoms with van der Waals surface area (Å²) in [4.78, 5) is 12.2. The normalized spacial score (nSPS) is 17.8. The van der Waals surface area contributed by atoms with E-state index in [2.05, 4.69) is 17.2 Å². The zero-order chi connectivity index (χ0) is 15.4. The molecule has 1 aromatic rings. The molecule has 1 aliphatic rings. The molecule has 0 radical (unpaired) electrons. The van der Waals surface area contributed by atoms with Gasteiger partial charge < -0.3 is 15.4 Å². The number of carbonyl (C=O) groups is 1. The topological polar surface area (TPSA) is 50.4 Å². The molecule has 2 N–H and O–H groups in total. The van der Waals surface area contributed by atoms with Gasteiger partial charge >= 0.3 is 5.97 Å². The van der Waals surface area contributed by atoms with E-state index >= 15 is 0 Å². The summed E-state index contributed by atoms with van der Waals surface area (Å²) in [6.07, 6.45) is 1.50. The van der Waals surface area contributed by atoms with Crippen LogP contribution >= 0.6 is 12.2 Å². The van der Waals surface area contributed by atoms with Crippen molar-refractivity contribution in [1.82, 2.24) is 10.6 Å². The van der Waals surface area contributed by atoms with Gasteiger partial charge in [0.2, 0.25) is 0 Å². The van der Waals surface area contributed by atoms with E-state index in [0.29, 0.717) is 16.4 Å². The summed E-state index contributed by atoms with van der Waals surface area (Å²) in [5, 5.41) is 6.31. The Labute approximate surface area is 127 Å². The minimum atomic E-state index is -0.475. The molecule has 110 valence electrons. The molecule has 0 bridgehead atoms. The first kappa shape index (κ1) is 15.2. The molecule has 0 aliphatic carbocycles. The van der Waals surface area contributed by atoms with Gasteiger partial charge in [-0.15, -0.1) is 0 Å². The van der Waals surface area contributed by atoms with E-state index in [4.69, 9.17) is 17.0 Å². The molecule has 0 amide bonds. The van der Waals surface area contributed by atoms with Crippen molar-refractivity contribution in [3.8, 4) is 0 Å². The lowest BCUT2D eigenvalue weighted by Crippen LogP contribution is -2.45. The molecule has 4 nitrogen and oxygen atoms in total. The number of hydrogen-bond acceptors (Lipinski definition) is 3. The molecule has 1 unspecified atom stereocenters. The van der Waals surface area contributed by atoms with Gasteiger partial charge in [0.15, 0.2) is 5.11 Å². The number of carbonyl (C=O) groups excluding carboxylic acids is 1. The summed E-state index contributed by atoms with van der Waals surface area (Å²) in [6.45, 7) is 5.37. The number of thiocarbonyl (C=S) groups is 1. The molecule has 0 aromatic heterocycles. The predicted octanol–water partition coefficient (Wildman–Crippen LogP) is 2.35. The summed E-state index contributed by atoms with van der Waals surface area (Å²) in [5.41, 5.74) is 1.75. The van der Waals surface area contributed by atoms with Crippen LogP contribution in [0.15, 0.2) is 48.2 Å². The summed E-state index contributed by atoms with van der Waals surface area (Å²) < 4.78 is 18.2. The van der Waals surface area contributed by atoms with Gasteiger partial charge in [-0.1, -0.05) is 24.8 Å². The highest BCUT2D eigenvalue weighted by Gasteiger charge is 2.30. The van der Waals surface area contributed by atoms with Crippen LogP contribution in [0, 0.1) is 5.82 Å². The monoisotopic (exact) mass is 306 g/mol. The van der Waals surface area contributed by atoms with E-state index < -0.39 is 12.0 Å². The van der Waals surface area contributed by atoms with Gasteiger partial charge in [-0.05, 0) is 36.8 Å². The number of hydrogen-bond donors (Lipinski definition) is 2. The fourth-order valence-corrected chi connectivity index (χ4v) is 2.35. The fraction of sp³-hybridized carbons (Fsp3) is 0.200. The smallest absolute Gasteiger partial charge is 0.338 e. The molecule has 6 heteroatoms. The zero-order valence-corrected chi connectivity index (χ0v) is 12.3. The second-order valence-electron chi connectivity index (χ2n) is 4.51. The largest absolute Gasteiger partial charge is 0.458 e. The number of nitrogens with one attached hydrogen (secondary N) is 2. The van der Waals surface area contributed by atoms with E-state index in [-0.39, 0.29) is 12.4 Å². The maximum absolute atomic E-state index is 13.1. The van der Waals surface area contributed by atoms with Crippen LogP contribution in [-0.2, 0) is 9.53 Å². The van der Waals surface area contributed by atoms with Crippen LogP contribution in [-0.4, -0.2) is 17.7 Å². The Morgan fingerprint density at radius 2 is 2.14 bits per heavy atom. The molecule has 0 fully saturated rings. The van der Waals surface area contributed by atoms with Crippen LogP contribution in [0.3, 0.4) is 0 Å². The van der Waals surface area contributed by atoms with Crippen molar-refractivity contribution in [1.29, 1.82) is 0 Å². The highest BCUT2D eigenvalue weighted by Crippen LogP contribution is 2.27. The Kier molecular flexibility index (Phi) is 4.70. The van der Waals surface area contributed by atoms with E-state index in [0.717, 1.165) is 5.56 Å². The first-order valence-electron chi connectivity index (χ1n) is 6.34. The second-order valence-corrected chi connectivity index (χ2v) is 4.92. The molecule has 0 saturated heterocycles. The van der Waals surface area contributed by atoms with Crippen molar-refractivity contribution in [2.45, 2.75) is 13.0 Å². The third kappa shape index (κ3) is 3.46. The van der Waals surface area contributed by atoms with Crippen LogP contribution in [0.1, 0.15) is 18.5 Å². The zero-order valence-electron chi connectivity index (χ0n) is 11.5. The van der Waals surface area contributed by atoms with Crippen LogP contribution in [0.25, 0.3) is 0 Å². The van der Waals surface area contributed by atoms with Crippen molar-refractivity contribution in [2.24, 2.45) is 0 Å². The minimum Gasteiger partial charge on any atom is -0.458 e. The van der Waals surface area contributed by atoms with Gasteiger partial charge in [0, 0.05) is 5.70 Å². The van der Waals surface area contributed by atoms with Gasteiger partial charge in [-0.3, -0.25) is 0 Å². The van der Waals surface area contributed by atoms with Crippen molar-refractivity contribution < 1.29 is 13.9 Å². The number of allylic oxidation sites excluding steroid dienone is 1. The highest BCUT2D eigenvalue weighted by molar-refractivity contribution is 7.80. The van der Waals surface area contributed by atoms with Gasteiger partial charge in [-0.25, -0.2) is 9.18 Å². The third-order valence-corrected chi connectivity index (χ3v) is 3.24. The second kappa shape index (κ2) is 6.49. The average molecular weight is 306 g/mol. The average Bonchev–Trinajstić information content (AvgIpc) is 2.44. The molecule has 21 heavy (non-hydrogen) atoms. The van der Waals surface area contributed by atoms with E-state index in [1.165, 1.54) is 18.2 Å². The van der Waals surface area contributed by atoms with Crippen LogP contribution in [0.4, 0.5) is 4.39 Å². The molecule has 1 aliphatic heterocycles. The first-order chi connectivity index (χ1) is 10.0. The summed E-state index contributed by atoms with van der Waals surface area (Å²) in [6, 6.07) is 5.41. The predicted molar refractivity (Wildman–Crippen MR) is 81.9 cm³/mol. The maximum Gasteiger partial charge on any atom is 0.338 e. The van der Waals surface area contributed by atoms with Crippen molar-refractivity contribution >= 4 is 23.3 Å². The molecule has 2 rings (SSSR count). The van der Waals surface area contributed by atoms with Crippen molar-refractivity contribution in [3.05, 3.63) is 59.6 Å². The molecular weight excluding hydrogens is 291 g/mol. The van der Waals surface area contributed by atoms with Gasteiger partial charge in [-0.2, -0.15) is 0 Å². The van der Waals surface area contributed by atoms with E-state index in [1.54, 1.807) is 19.1 Å². The quantitative estimate of drug-likeness (QED) is 0.508. The molecule has 1 aromatic carbocycles. The number of esters is 1. The van der Waals surface area contributed by atoms with Gasteiger partial charge in [0.1, 0.15) is 12.4 Å². The van der Waals surface area contributed by atoms with Crippen LogP contribution in [0.5, 0.6) is 0 Å². The Morgan fingerprint density at radius 1 is 1.48 bits per heavy atom. The number of halogens is 1. The molecule has 1 heterocycles. The Hall–Kier alpha value is -2.21. The fourth-order valence-electron chi connectivity index (χ4n) is 2.08. The third-order valence-electron chi connectivity index (χ3n) is 3.02. The summed E-state index contributed by atoms with van der Waals surface area (Å²) in [5.74, 6) is -0.809. The van der Waals surface area contributed by atoms with Gasteiger partial charge in [0.05, 0.1) is 11.6 Å². The lowest BCUT2D eigenvalue weighted by atomic mass is 9.96. The first-order valence-corrected chi connectivity index (χ1v) is 6.75. The summed E-state index contributed by atoms with van der Waals surface area (Å²) in [7, 11) is 0. The minimum absolute atomic E-state index is 0.121. The molecule has 0 saturated carbocycles. The highest BCUT2D eigenvalue weighted by atomic mass is 32.1.